The molecule has 2 aromatic rings. The fourth-order valence-corrected chi connectivity index (χ4v) is 3.97. The minimum atomic E-state index is -0.656. The van der Waals surface area contributed by atoms with E-state index in [2.05, 4.69) is 16.0 Å². The van der Waals surface area contributed by atoms with Gasteiger partial charge in [-0.15, -0.1) is 0 Å². The monoisotopic (exact) mass is 464 g/mol. The van der Waals surface area contributed by atoms with Crippen molar-refractivity contribution < 1.29 is 14.4 Å². The molecule has 3 rings (SSSR count). The number of amides is 4. The lowest BCUT2D eigenvalue weighted by atomic mass is 9.88. The first kappa shape index (κ1) is 25.3. The van der Waals surface area contributed by atoms with E-state index in [4.69, 9.17) is 0 Å². The molecular weight excluding hydrogens is 428 g/mol. The van der Waals surface area contributed by atoms with E-state index in [-0.39, 0.29) is 35.7 Å². The first-order valence-corrected chi connectivity index (χ1v) is 12.0. The van der Waals surface area contributed by atoms with Crippen LogP contribution in [-0.4, -0.2) is 47.9 Å². The fraction of sp³-hybridized carbons (Fsp3) is 0.444. The molecule has 2 atom stereocenters. The largest absolute Gasteiger partial charge is 0.352 e. The Morgan fingerprint density at radius 1 is 0.882 bits per heavy atom. The molecule has 1 saturated heterocycles. The maximum Gasteiger partial charge on any atom is 0.321 e. The summed E-state index contributed by atoms with van der Waals surface area (Å²) in [6, 6.07) is 15.8. The number of hydrogen-bond acceptors (Lipinski definition) is 3. The van der Waals surface area contributed by atoms with Gasteiger partial charge in [0.05, 0.1) is 0 Å². The zero-order chi connectivity index (χ0) is 24.7. The molecule has 7 nitrogen and oxygen atoms in total. The third-order valence-electron chi connectivity index (χ3n) is 6.58. The number of benzene rings is 2. The second-order valence-electron chi connectivity index (χ2n) is 9.48. The summed E-state index contributed by atoms with van der Waals surface area (Å²) in [7, 11) is 0. The molecule has 34 heavy (non-hydrogen) atoms. The summed E-state index contributed by atoms with van der Waals surface area (Å²) < 4.78 is 0. The van der Waals surface area contributed by atoms with Gasteiger partial charge in [-0.2, -0.15) is 0 Å². The van der Waals surface area contributed by atoms with Crippen LogP contribution in [0.3, 0.4) is 0 Å². The molecule has 182 valence electrons. The van der Waals surface area contributed by atoms with Gasteiger partial charge in [0.2, 0.25) is 5.91 Å². The standard InChI is InChI=1S/C27H36N4O3/c1-18(2)20(4)28-26(33)24(30-25(32)22-8-6-5-7-9-22)21-14-16-31(17-15-21)27(34)29-23-12-10-19(3)11-13-23/h5-13,18,20-21,24H,14-17H2,1-4H3,(H,28,33)(H,29,34)(H,30,32). The van der Waals surface area contributed by atoms with Crippen LogP contribution >= 0.6 is 0 Å². The molecule has 0 aliphatic carbocycles. The average Bonchev–Trinajstić information content (AvgIpc) is 2.84. The van der Waals surface area contributed by atoms with Gasteiger partial charge in [-0.25, -0.2) is 4.79 Å². The van der Waals surface area contributed by atoms with Crippen LogP contribution in [0.2, 0.25) is 0 Å². The van der Waals surface area contributed by atoms with Crippen LogP contribution in [0.25, 0.3) is 0 Å². The first-order chi connectivity index (χ1) is 16.2. The van der Waals surface area contributed by atoms with Crippen molar-refractivity contribution in [3.8, 4) is 0 Å². The van der Waals surface area contributed by atoms with Crippen molar-refractivity contribution in [1.82, 2.24) is 15.5 Å². The van der Waals surface area contributed by atoms with Crippen molar-refractivity contribution in [1.29, 1.82) is 0 Å². The van der Waals surface area contributed by atoms with Crippen molar-refractivity contribution in [2.75, 3.05) is 18.4 Å². The quantitative estimate of drug-likeness (QED) is 0.574. The maximum absolute atomic E-state index is 13.2. The van der Waals surface area contributed by atoms with E-state index in [9.17, 15) is 14.4 Å². The number of carbonyl (C=O) groups excluding carboxylic acids is 3. The van der Waals surface area contributed by atoms with E-state index in [0.29, 0.717) is 31.5 Å². The summed E-state index contributed by atoms with van der Waals surface area (Å²) in [6.45, 7) is 9.11. The molecule has 1 heterocycles. The smallest absolute Gasteiger partial charge is 0.321 e. The third-order valence-corrected chi connectivity index (χ3v) is 6.58. The van der Waals surface area contributed by atoms with Crippen LogP contribution in [0.5, 0.6) is 0 Å². The Bertz CT molecular complexity index is 967. The van der Waals surface area contributed by atoms with E-state index in [1.54, 1.807) is 29.2 Å². The predicted molar refractivity (Wildman–Crippen MR) is 135 cm³/mol. The van der Waals surface area contributed by atoms with E-state index in [0.717, 1.165) is 11.3 Å². The molecule has 1 fully saturated rings. The molecule has 1 aliphatic heterocycles. The second-order valence-corrected chi connectivity index (χ2v) is 9.48. The summed E-state index contributed by atoms with van der Waals surface area (Å²) in [4.78, 5) is 40.5. The lowest BCUT2D eigenvalue weighted by Gasteiger charge is -2.36. The summed E-state index contributed by atoms with van der Waals surface area (Å²) in [6.07, 6.45) is 1.26. The first-order valence-electron chi connectivity index (χ1n) is 12.0. The topological polar surface area (TPSA) is 90.5 Å². The van der Waals surface area contributed by atoms with E-state index < -0.39 is 6.04 Å². The van der Waals surface area contributed by atoms with E-state index >= 15 is 0 Å². The fourth-order valence-electron chi connectivity index (χ4n) is 3.97. The number of anilines is 1. The van der Waals surface area contributed by atoms with Gasteiger partial charge in [0.15, 0.2) is 0 Å². The lowest BCUT2D eigenvalue weighted by Crippen LogP contribution is -2.55. The summed E-state index contributed by atoms with van der Waals surface area (Å²) in [5.41, 5.74) is 2.41. The van der Waals surface area contributed by atoms with Gasteiger partial charge in [0.25, 0.3) is 5.91 Å². The number of nitrogens with one attached hydrogen (secondary N) is 3. The predicted octanol–water partition coefficient (Wildman–Crippen LogP) is 4.20. The molecule has 2 aromatic carbocycles. The highest BCUT2D eigenvalue weighted by Crippen LogP contribution is 2.23. The SMILES string of the molecule is Cc1ccc(NC(=O)N2CCC(C(NC(=O)c3ccccc3)C(=O)NC(C)C(C)C)CC2)cc1. The van der Waals surface area contributed by atoms with Crippen LogP contribution < -0.4 is 16.0 Å². The van der Waals surface area contributed by atoms with Gasteiger partial charge < -0.3 is 20.9 Å². The van der Waals surface area contributed by atoms with Crippen molar-refractivity contribution in [2.24, 2.45) is 11.8 Å². The molecule has 7 heteroatoms. The summed E-state index contributed by atoms with van der Waals surface area (Å²) in [5.74, 6) is -0.220. The molecule has 0 aromatic heterocycles. The Kier molecular flexibility index (Phi) is 8.68. The lowest BCUT2D eigenvalue weighted by molar-refractivity contribution is -0.125. The van der Waals surface area contributed by atoms with Gasteiger partial charge in [-0.1, -0.05) is 49.7 Å². The Balaban J connectivity index is 1.65. The highest BCUT2D eigenvalue weighted by atomic mass is 16.2. The molecule has 0 bridgehead atoms. The molecule has 2 unspecified atom stereocenters. The molecule has 1 aliphatic rings. The van der Waals surface area contributed by atoms with E-state index in [1.165, 1.54) is 0 Å². The Morgan fingerprint density at radius 2 is 1.50 bits per heavy atom. The maximum atomic E-state index is 13.2. The Hall–Kier alpha value is -3.35. The van der Waals surface area contributed by atoms with Crippen molar-refractivity contribution in [3.63, 3.8) is 0 Å². The van der Waals surface area contributed by atoms with Gasteiger partial charge in [-0.05, 0) is 62.8 Å². The van der Waals surface area contributed by atoms with Crippen LogP contribution in [0, 0.1) is 18.8 Å². The van der Waals surface area contributed by atoms with Crippen LogP contribution in [0.1, 0.15) is 49.5 Å². The number of likely N-dealkylation sites (tertiary alicyclic amines) is 1. The minimum Gasteiger partial charge on any atom is -0.352 e. The van der Waals surface area contributed by atoms with Gasteiger partial charge in [-0.3, -0.25) is 9.59 Å². The van der Waals surface area contributed by atoms with Gasteiger partial charge in [0.1, 0.15) is 6.04 Å². The van der Waals surface area contributed by atoms with Gasteiger partial charge in [0, 0.05) is 30.4 Å². The average molecular weight is 465 g/mol. The van der Waals surface area contributed by atoms with Crippen LogP contribution in [0.4, 0.5) is 10.5 Å². The zero-order valence-electron chi connectivity index (χ0n) is 20.5. The number of carbonyl (C=O) groups is 3. The van der Waals surface area contributed by atoms with Crippen molar-refractivity contribution in [3.05, 3.63) is 65.7 Å². The number of urea groups is 1. The molecule has 3 N–H and O–H groups in total. The zero-order valence-corrected chi connectivity index (χ0v) is 20.5. The molecule has 4 amide bonds. The number of nitrogens with zero attached hydrogens (tertiary/aromatic N) is 1. The minimum absolute atomic E-state index is 0.0102. The molecule has 0 saturated carbocycles. The number of piperidine rings is 1. The molecule has 0 radical (unpaired) electrons. The van der Waals surface area contributed by atoms with E-state index in [1.807, 2.05) is 58.0 Å². The van der Waals surface area contributed by atoms with Crippen molar-refractivity contribution in [2.45, 2.75) is 52.6 Å². The number of hydrogen-bond donors (Lipinski definition) is 3. The molecular formula is C27H36N4O3. The highest BCUT2D eigenvalue weighted by Gasteiger charge is 2.34. The normalized spacial score (nSPS) is 16.0. The molecule has 0 spiro atoms. The van der Waals surface area contributed by atoms with Crippen LogP contribution in [0.15, 0.2) is 54.6 Å². The second kappa shape index (κ2) is 11.7. The number of rotatable bonds is 7. The number of aryl methyl sites for hydroxylation is 1. The third kappa shape index (κ3) is 6.83. The highest BCUT2D eigenvalue weighted by molar-refractivity contribution is 5.97. The Labute approximate surface area is 202 Å². The van der Waals surface area contributed by atoms with Crippen molar-refractivity contribution >= 4 is 23.5 Å². The Morgan fingerprint density at radius 3 is 2.09 bits per heavy atom. The summed E-state index contributed by atoms with van der Waals surface area (Å²) in [5, 5.41) is 8.96. The van der Waals surface area contributed by atoms with Crippen LogP contribution in [-0.2, 0) is 4.79 Å². The van der Waals surface area contributed by atoms with Gasteiger partial charge >= 0.3 is 6.03 Å². The summed E-state index contributed by atoms with van der Waals surface area (Å²) >= 11 is 0.